The molecule has 3 rings (SSSR count). The van der Waals surface area contributed by atoms with E-state index in [0.29, 0.717) is 41.6 Å². The molecule has 0 saturated carbocycles. The van der Waals surface area contributed by atoms with Crippen molar-refractivity contribution in [3.8, 4) is 5.75 Å². The van der Waals surface area contributed by atoms with E-state index in [0.717, 1.165) is 11.3 Å². The summed E-state index contributed by atoms with van der Waals surface area (Å²) in [7, 11) is 3.94. The number of amides is 1. The number of benzene rings is 2. The van der Waals surface area contributed by atoms with Gasteiger partial charge in [-0.25, -0.2) is 0 Å². The van der Waals surface area contributed by atoms with Crippen molar-refractivity contribution in [3.05, 3.63) is 70.3 Å². The lowest BCUT2D eigenvalue weighted by Gasteiger charge is -2.28. The number of quaternary nitrogens is 1. The second kappa shape index (κ2) is 9.98. The van der Waals surface area contributed by atoms with Crippen molar-refractivity contribution >= 4 is 29.1 Å². The Bertz CT molecular complexity index is 985. The number of hydrogen-bond donors (Lipinski definition) is 1. The van der Waals surface area contributed by atoms with Crippen LogP contribution in [-0.4, -0.2) is 50.4 Å². The number of likely N-dealkylation sites (tertiary alicyclic amines) is 1. The van der Waals surface area contributed by atoms with Crippen molar-refractivity contribution in [1.82, 2.24) is 4.90 Å². The van der Waals surface area contributed by atoms with Crippen LogP contribution in [0, 0.1) is 0 Å². The third kappa shape index (κ3) is 5.09. The molecule has 31 heavy (non-hydrogen) atoms. The Hall–Kier alpha value is -2.83. The van der Waals surface area contributed by atoms with Crippen LogP contribution in [0.5, 0.6) is 5.75 Å². The van der Waals surface area contributed by atoms with Crippen molar-refractivity contribution in [2.24, 2.45) is 0 Å². The van der Waals surface area contributed by atoms with Crippen molar-refractivity contribution < 1.29 is 24.3 Å². The maximum atomic E-state index is 13.3. The number of nitrogens with one attached hydrogen (secondary N) is 1. The Labute approximate surface area is 187 Å². The first kappa shape index (κ1) is 22.8. The molecule has 1 fully saturated rings. The molecule has 2 aromatic rings. The van der Waals surface area contributed by atoms with Gasteiger partial charge in [-0.05, 0) is 41.8 Å². The Morgan fingerprint density at radius 1 is 1.16 bits per heavy atom. The zero-order valence-corrected chi connectivity index (χ0v) is 18.7. The zero-order chi connectivity index (χ0) is 22.5. The van der Waals surface area contributed by atoms with Crippen LogP contribution in [0.1, 0.15) is 30.5 Å². The summed E-state index contributed by atoms with van der Waals surface area (Å²) in [5, 5.41) is 13.8. The van der Waals surface area contributed by atoms with E-state index in [9.17, 15) is 14.7 Å². The fourth-order valence-corrected chi connectivity index (χ4v) is 3.67. The molecule has 0 aromatic heterocycles. The van der Waals surface area contributed by atoms with Crippen LogP contribution < -0.4 is 14.7 Å². The number of carbonyl (C=O) groups is 2. The third-order valence-corrected chi connectivity index (χ3v) is 5.39. The van der Waals surface area contributed by atoms with E-state index >= 15 is 0 Å². The van der Waals surface area contributed by atoms with E-state index < -0.39 is 23.5 Å². The van der Waals surface area contributed by atoms with Gasteiger partial charge in [-0.15, -0.1) is 0 Å². The van der Waals surface area contributed by atoms with Gasteiger partial charge in [0.25, 0.3) is 5.91 Å². The third-order valence-electron chi connectivity index (χ3n) is 5.14. The molecule has 1 aliphatic heterocycles. The highest BCUT2D eigenvalue weighted by atomic mass is 35.5. The molecule has 6 nitrogen and oxygen atoms in total. The highest BCUT2D eigenvalue weighted by molar-refractivity contribution is 6.46. The highest BCUT2D eigenvalue weighted by Crippen LogP contribution is 2.39. The molecule has 7 heteroatoms. The van der Waals surface area contributed by atoms with Crippen molar-refractivity contribution in [2.75, 3.05) is 33.8 Å². The molecule has 0 spiro atoms. The largest absolute Gasteiger partial charge is 0.872 e. The minimum atomic E-state index is -0.757. The molecule has 2 aromatic carbocycles. The van der Waals surface area contributed by atoms with E-state index in [1.54, 1.807) is 30.3 Å². The second-order valence-electron chi connectivity index (χ2n) is 7.86. The monoisotopic (exact) mass is 442 g/mol. The molecule has 1 aliphatic rings. The Kier molecular flexibility index (Phi) is 7.36. The molecule has 0 bridgehead atoms. The zero-order valence-electron chi connectivity index (χ0n) is 18.0. The van der Waals surface area contributed by atoms with Gasteiger partial charge in [0, 0.05) is 10.6 Å². The molecule has 1 unspecified atom stereocenters. The summed E-state index contributed by atoms with van der Waals surface area (Å²) in [5.74, 6) is -1.22. The molecule has 1 saturated heterocycles. The number of carbonyl (C=O) groups excluding carboxylic acids is 2. The summed E-state index contributed by atoms with van der Waals surface area (Å²) in [6, 6.07) is 12.8. The molecular weight excluding hydrogens is 416 g/mol. The summed E-state index contributed by atoms with van der Waals surface area (Å²) in [6.07, 6.45) is 0.856. The van der Waals surface area contributed by atoms with Gasteiger partial charge < -0.3 is 19.6 Å². The van der Waals surface area contributed by atoms with Gasteiger partial charge in [-0.3, -0.25) is 9.59 Å². The average Bonchev–Trinajstić information content (AvgIpc) is 3.01. The number of hydrogen-bond acceptors (Lipinski definition) is 4. The maximum Gasteiger partial charge on any atom is 0.295 e. The second-order valence-corrected chi connectivity index (χ2v) is 8.29. The Morgan fingerprint density at radius 2 is 1.87 bits per heavy atom. The Morgan fingerprint density at radius 3 is 2.52 bits per heavy atom. The molecule has 1 atom stereocenters. The van der Waals surface area contributed by atoms with Gasteiger partial charge in [0.05, 0.1) is 39.8 Å². The number of nitrogens with zero attached hydrogens (tertiary/aromatic N) is 1. The normalized spacial score (nSPS) is 18.1. The number of halogens is 1. The van der Waals surface area contributed by atoms with Gasteiger partial charge >= 0.3 is 0 Å². The first-order valence-electron chi connectivity index (χ1n) is 10.4. The number of rotatable bonds is 8. The highest BCUT2D eigenvalue weighted by Gasteiger charge is 2.44. The maximum absolute atomic E-state index is 13.3. The van der Waals surface area contributed by atoms with Crippen LogP contribution in [0.4, 0.5) is 0 Å². The minimum absolute atomic E-state index is 0.0336. The molecule has 1 amide bonds. The smallest absolute Gasteiger partial charge is 0.295 e. The molecule has 164 valence electrons. The summed E-state index contributed by atoms with van der Waals surface area (Å²) >= 11 is 5.94. The van der Waals surface area contributed by atoms with E-state index in [1.165, 1.54) is 4.90 Å². The van der Waals surface area contributed by atoms with E-state index in [2.05, 4.69) is 0 Å². The molecule has 1 N–H and O–H groups in total. The van der Waals surface area contributed by atoms with Gasteiger partial charge in [0.1, 0.15) is 5.75 Å². The van der Waals surface area contributed by atoms with Crippen molar-refractivity contribution in [2.45, 2.75) is 19.4 Å². The van der Waals surface area contributed by atoms with Gasteiger partial charge in [-0.2, -0.15) is 0 Å². The lowest BCUT2D eigenvalue weighted by Crippen LogP contribution is -3.06. The standard InChI is InChI=1S/C24H27ClN2O4/c1-4-14-31-19-7-5-6-17(15-19)21-20(22(28)16-8-10-18(25)11-9-16)23(29)24(30)27(21)13-12-26(2)3/h5-11,15,21,28H,4,12-14H2,1-3H3. The Balaban J connectivity index is 2.11. The number of ether oxygens (including phenoxy) is 1. The predicted octanol–water partition coefficient (Wildman–Crippen LogP) is 1.50. The van der Waals surface area contributed by atoms with Gasteiger partial charge in [-0.1, -0.05) is 48.5 Å². The fourth-order valence-electron chi connectivity index (χ4n) is 3.54. The van der Waals surface area contributed by atoms with Crippen LogP contribution in [-0.2, 0) is 9.59 Å². The van der Waals surface area contributed by atoms with E-state index in [4.69, 9.17) is 16.3 Å². The van der Waals surface area contributed by atoms with E-state index in [1.807, 2.05) is 39.2 Å². The molecule has 0 aliphatic carbocycles. The minimum Gasteiger partial charge on any atom is -0.872 e. The van der Waals surface area contributed by atoms with Crippen molar-refractivity contribution in [1.29, 1.82) is 0 Å². The van der Waals surface area contributed by atoms with Crippen LogP contribution in [0.3, 0.4) is 0 Å². The first-order valence-corrected chi connectivity index (χ1v) is 10.8. The topological polar surface area (TPSA) is 74.1 Å². The number of ketones is 1. The predicted molar refractivity (Wildman–Crippen MR) is 118 cm³/mol. The van der Waals surface area contributed by atoms with E-state index in [-0.39, 0.29) is 5.57 Å². The summed E-state index contributed by atoms with van der Waals surface area (Å²) in [6.45, 7) is 3.57. The molecule has 1 heterocycles. The van der Waals surface area contributed by atoms with Crippen LogP contribution in [0.25, 0.3) is 5.76 Å². The van der Waals surface area contributed by atoms with Crippen LogP contribution in [0.2, 0.25) is 5.02 Å². The number of likely N-dealkylation sites (N-methyl/N-ethyl adjacent to an activating group) is 1. The van der Waals surface area contributed by atoms with Gasteiger partial charge in [0.2, 0.25) is 5.78 Å². The SMILES string of the molecule is CCCOc1cccc(C2C(=C([O-])c3ccc(Cl)cc3)C(=O)C(=O)N2CC[NH+](C)C)c1. The quantitative estimate of drug-likeness (QED) is 0.382. The summed E-state index contributed by atoms with van der Waals surface area (Å²) in [4.78, 5) is 28.5. The van der Waals surface area contributed by atoms with Gasteiger partial charge in [0.15, 0.2) is 0 Å². The summed E-state index contributed by atoms with van der Waals surface area (Å²) in [5.41, 5.74) is 0.969. The number of Topliss-reactive ketones (excluding diaryl/α,β-unsaturated/α-hetero) is 1. The van der Waals surface area contributed by atoms with Crippen LogP contribution in [0.15, 0.2) is 54.1 Å². The first-order chi connectivity index (χ1) is 14.8. The average molecular weight is 443 g/mol. The molecular formula is C24H27ClN2O4. The van der Waals surface area contributed by atoms with Crippen molar-refractivity contribution in [3.63, 3.8) is 0 Å². The van der Waals surface area contributed by atoms with Crippen LogP contribution >= 0.6 is 11.6 Å². The lowest BCUT2D eigenvalue weighted by molar-refractivity contribution is -0.857. The fraction of sp³-hybridized carbons (Fsp3) is 0.333. The summed E-state index contributed by atoms with van der Waals surface area (Å²) < 4.78 is 5.73. The molecule has 0 radical (unpaired) electrons. The lowest BCUT2D eigenvalue weighted by atomic mass is 9.95.